The molecule has 0 aromatic heterocycles. The lowest BCUT2D eigenvalue weighted by Crippen LogP contribution is -2.40. The summed E-state index contributed by atoms with van der Waals surface area (Å²) >= 11 is 0. The van der Waals surface area contributed by atoms with Crippen molar-refractivity contribution in [3.05, 3.63) is 29.8 Å². The summed E-state index contributed by atoms with van der Waals surface area (Å²) in [5.74, 6) is 0.631. The number of aryl methyl sites for hydroxylation is 1. The highest BCUT2D eigenvalue weighted by molar-refractivity contribution is 5.77. The first-order chi connectivity index (χ1) is 8.61. The lowest BCUT2D eigenvalue weighted by Gasteiger charge is -2.13. The first kappa shape index (κ1) is 14.5. The number of benzene rings is 1. The average molecular weight is 250 g/mol. The number of rotatable bonds is 7. The van der Waals surface area contributed by atoms with E-state index in [0.29, 0.717) is 6.54 Å². The normalized spacial score (nSPS) is 11.9. The third kappa shape index (κ3) is 5.68. The second-order valence-electron chi connectivity index (χ2n) is 4.37. The summed E-state index contributed by atoms with van der Waals surface area (Å²) < 4.78 is 5.41. The molecule has 0 aliphatic heterocycles. The highest BCUT2D eigenvalue weighted by Crippen LogP contribution is 2.11. The summed E-state index contributed by atoms with van der Waals surface area (Å²) in [4.78, 5) is 11.5. The summed E-state index contributed by atoms with van der Waals surface area (Å²) in [6.07, 6.45) is 0. The van der Waals surface area contributed by atoms with E-state index in [1.54, 1.807) is 0 Å². The molecule has 0 heterocycles. The van der Waals surface area contributed by atoms with Gasteiger partial charge in [-0.05, 0) is 38.1 Å². The molecule has 100 valence electrons. The van der Waals surface area contributed by atoms with Crippen molar-refractivity contribution in [2.45, 2.75) is 26.8 Å². The van der Waals surface area contributed by atoms with Gasteiger partial charge in [0.25, 0.3) is 5.91 Å². The summed E-state index contributed by atoms with van der Waals surface area (Å²) in [6, 6.07) is 7.94. The van der Waals surface area contributed by atoms with E-state index >= 15 is 0 Å². The molecule has 0 saturated carbocycles. The number of hydrogen-bond donors (Lipinski definition) is 2. The molecule has 18 heavy (non-hydrogen) atoms. The Hall–Kier alpha value is -1.55. The molecule has 1 aromatic carbocycles. The van der Waals surface area contributed by atoms with E-state index in [1.165, 1.54) is 0 Å². The molecule has 0 fully saturated rings. The van der Waals surface area contributed by atoms with Crippen LogP contribution in [0.3, 0.4) is 0 Å². The van der Waals surface area contributed by atoms with Gasteiger partial charge in [0, 0.05) is 12.6 Å². The van der Waals surface area contributed by atoms with Gasteiger partial charge < -0.3 is 15.4 Å². The third-order valence-electron chi connectivity index (χ3n) is 2.52. The molecule has 0 unspecified atom stereocenters. The monoisotopic (exact) mass is 250 g/mol. The molecule has 1 atom stereocenters. The minimum atomic E-state index is -0.0961. The number of nitrogens with one attached hydrogen (secondary N) is 2. The Morgan fingerprint density at radius 1 is 1.44 bits per heavy atom. The molecule has 2 N–H and O–H groups in total. The van der Waals surface area contributed by atoms with Gasteiger partial charge >= 0.3 is 0 Å². The van der Waals surface area contributed by atoms with Gasteiger partial charge in [0.1, 0.15) is 5.75 Å². The topological polar surface area (TPSA) is 50.4 Å². The number of carbonyl (C=O) groups excluding carboxylic acids is 1. The zero-order valence-electron chi connectivity index (χ0n) is 11.3. The van der Waals surface area contributed by atoms with E-state index < -0.39 is 0 Å². The Morgan fingerprint density at radius 3 is 2.89 bits per heavy atom. The average Bonchev–Trinajstić information content (AvgIpc) is 2.34. The largest absolute Gasteiger partial charge is 0.484 e. The third-order valence-corrected chi connectivity index (χ3v) is 2.52. The maximum Gasteiger partial charge on any atom is 0.257 e. The predicted octanol–water partition coefficient (Wildman–Crippen LogP) is 1.49. The number of hydrogen-bond acceptors (Lipinski definition) is 3. The number of amides is 1. The number of ether oxygens (including phenoxy) is 1. The van der Waals surface area contributed by atoms with Crippen LogP contribution in [0.25, 0.3) is 0 Å². The van der Waals surface area contributed by atoms with Crippen LogP contribution in [0.2, 0.25) is 0 Å². The molecule has 1 rings (SSSR count). The Bertz CT molecular complexity index is 380. The molecular formula is C14H22N2O2. The molecular weight excluding hydrogens is 228 g/mol. The summed E-state index contributed by atoms with van der Waals surface area (Å²) in [6.45, 7) is 7.64. The Morgan fingerprint density at radius 2 is 2.22 bits per heavy atom. The van der Waals surface area contributed by atoms with E-state index in [1.807, 2.05) is 45.0 Å². The van der Waals surface area contributed by atoms with Crippen LogP contribution in [-0.2, 0) is 4.79 Å². The molecule has 0 saturated heterocycles. The van der Waals surface area contributed by atoms with Gasteiger partial charge in [0.15, 0.2) is 6.61 Å². The number of likely N-dealkylation sites (N-methyl/N-ethyl adjacent to an activating group) is 1. The maximum atomic E-state index is 11.5. The smallest absolute Gasteiger partial charge is 0.257 e. The summed E-state index contributed by atoms with van der Waals surface area (Å²) in [5.41, 5.74) is 1.12. The second-order valence-corrected chi connectivity index (χ2v) is 4.37. The maximum absolute atomic E-state index is 11.5. The van der Waals surface area contributed by atoms with Gasteiger partial charge in [-0.1, -0.05) is 19.1 Å². The summed E-state index contributed by atoms with van der Waals surface area (Å²) in [5, 5.41) is 6.05. The van der Waals surface area contributed by atoms with Crippen LogP contribution in [-0.4, -0.2) is 31.6 Å². The fraction of sp³-hybridized carbons (Fsp3) is 0.500. The van der Waals surface area contributed by atoms with Crippen molar-refractivity contribution >= 4 is 5.91 Å². The van der Waals surface area contributed by atoms with Crippen molar-refractivity contribution in [3.8, 4) is 5.75 Å². The molecule has 0 aliphatic rings. The zero-order chi connectivity index (χ0) is 13.4. The molecule has 0 radical (unpaired) electrons. The minimum Gasteiger partial charge on any atom is -0.484 e. The van der Waals surface area contributed by atoms with Gasteiger partial charge in [-0.15, -0.1) is 0 Å². The number of carbonyl (C=O) groups is 1. The van der Waals surface area contributed by atoms with Crippen LogP contribution in [0.15, 0.2) is 24.3 Å². The van der Waals surface area contributed by atoms with E-state index in [2.05, 4.69) is 10.6 Å². The van der Waals surface area contributed by atoms with Crippen molar-refractivity contribution in [1.29, 1.82) is 0 Å². The molecule has 0 bridgehead atoms. The summed E-state index contributed by atoms with van der Waals surface area (Å²) in [7, 11) is 0. The van der Waals surface area contributed by atoms with E-state index in [4.69, 9.17) is 4.74 Å². The second kappa shape index (κ2) is 7.71. The lowest BCUT2D eigenvalue weighted by atomic mass is 10.2. The molecule has 4 nitrogen and oxygen atoms in total. The van der Waals surface area contributed by atoms with Crippen LogP contribution in [0.1, 0.15) is 19.4 Å². The standard InChI is InChI=1S/C14H22N2O2/c1-4-15-12(3)9-16-14(17)10-18-13-7-5-6-11(2)8-13/h5-8,12,15H,4,9-10H2,1-3H3,(H,16,17)/t12-/m1/s1. The van der Waals surface area contributed by atoms with Crippen molar-refractivity contribution in [1.82, 2.24) is 10.6 Å². The SMILES string of the molecule is CCN[C@H](C)CNC(=O)COc1cccc(C)c1. The van der Waals surface area contributed by atoms with Crippen molar-refractivity contribution in [3.63, 3.8) is 0 Å². The quantitative estimate of drug-likeness (QED) is 0.771. The van der Waals surface area contributed by atoms with Crippen LogP contribution < -0.4 is 15.4 Å². The fourth-order valence-corrected chi connectivity index (χ4v) is 1.59. The predicted molar refractivity (Wildman–Crippen MR) is 72.8 cm³/mol. The molecule has 1 aromatic rings. The van der Waals surface area contributed by atoms with E-state index in [-0.39, 0.29) is 18.6 Å². The Balaban J connectivity index is 2.25. The molecule has 1 amide bonds. The van der Waals surface area contributed by atoms with Gasteiger partial charge in [-0.25, -0.2) is 0 Å². The Kier molecular flexibility index (Phi) is 6.22. The highest BCUT2D eigenvalue weighted by atomic mass is 16.5. The van der Waals surface area contributed by atoms with Gasteiger partial charge in [-0.2, -0.15) is 0 Å². The molecule has 0 spiro atoms. The van der Waals surface area contributed by atoms with Crippen LogP contribution in [0.4, 0.5) is 0 Å². The zero-order valence-corrected chi connectivity index (χ0v) is 11.3. The first-order valence-electron chi connectivity index (χ1n) is 6.31. The van der Waals surface area contributed by atoms with Crippen molar-refractivity contribution in [2.24, 2.45) is 0 Å². The van der Waals surface area contributed by atoms with Crippen molar-refractivity contribution in [2.75, 3.05) is 19.7 Å². The fourth-order valence-electron chi connectivity index (χ4n) is 1.59. The molecule has 4 heteroatoms. The van der Waals surface area contributed by atoms with E-state index in [0.717, 1.165) is 17.9 Å². The first-order valence-corrected chi connectivity index (χ1v) is 6.31. The van der Waals surface area contributed by atoms with Gasteiger partial charge in [-0.3, -0.25) is 4.79 Å². The molecule has 0 aliphatic carbocycles. The lowest BCUT2D eigenvalue weighted by molar-refractivity contribution is -0.123. The van der Waals surface area contributed by atoms with Crippen LogP contribution in [0.5, 0.6) is 5.75 Å². The highest BCUT2D eigenvalue weighted by Gasteiger charge is 2.05. The van der Waals surface area contributed by atoms with Gasteiger partial charge in [0.05, 0.1) is 0 Å². The van der Waals surface area contributed by atoms with Crippen molar-refractivity contribution < 1.29 is 9.53 Å². The Labute approximate surface area is 109 Å². The van der Waals surface area contributed by atoms with Crippen LogP contribution in [0, 0.1) is 6.92 Å². The van der Waals surface area contributed by atoms with Gasteiger partial charge in [0.2, 0.25) is 0 Å². The van der Waals surface area contributed by atoms with E-state index in [9.17, 15) is 4.79 Å². The minimum absolute atomic E-state index is 0.0578. The van der Waals surface area contributed by atoms with Crippen LogP contribution >= 0.6 is 0 Å².